The molecule has 0 saturated heterocycles. The number of hydrazine groups is 1. The van der Waals surface area contributed by atoms with Crippen molar-refractivity contribution in [2.24, 2.45) is 0 Å². The lowest BCUT2D eigenvalue weighted by Gasteiger charge is -2.12. The van der Waals surface area contributed by atoms with Gasteiger partial charge in [0.25, 0.3) is 21.8 Å². The van der Waals surface area contributed by atoms with E-state index >= 15 is 0 Å². The molecule has 0 atom stereocenters. The van der Waals surface area contributed by atoms with Crippen LogP contribution in [0.5, 0.6) is 0 Å². The molecule has 2 amide bonds. The maximum Gasteiger partial charge on any atom is 0.271 e. The molecule has 4 rings (SSSR count). The normalized spacial score (nSPS) is 11.3. The van der Waals surface area contributed by atoms with Gasteiger partial charge in [-0.05, 0) is 61.2 Å². The summed E-state index contributed by atoms with van der Waals surface area (Å²) >= 11 is 1.07. The maximum atomic E-state index is 12.7. The molecule has 0 unspecified atom stereocenters. The van der Waals surface area contributed by atoms with Crippen LogP contribution >= 0.6 is 11.3 Å². The number of sulfonamides is 1. The first kappa shape index (κ1) is 21.6. The average Bonchev–Trinajstić information content (AvgIpc) is 3.41. The molecule has 0 bridgehead atoms. The Kier molecular flexibility index (Phi) is 5.72. The van der Waals surface area contributed by atoms with E-state index < -0.39 is 21.8 Å². The lowest BCUT2D eigenvalue weighted by atomic mass is 10.1. The summed E-state index contributed by atoms with van der Waals surface area (Å²) < 4.78 is 27.6. The molecule has 0 aliphatic rings. The van der Waals surface area contributed by atoms with Crippen molar-refractivity contribution >= 4 is 49.8 Å². The van der Waals surface area contributed by atoms with Crippen LogP contribution < -0.4 is 15.6 Å². The molecule has 0 spiro atoms. The Morgan fingerprint density at radius 2 is 1.69 bits per heavy atom. The molecule has 0 radical (unpaired) electrons. The van der Waals surface area contributed by atoms with Crippen LogP contribution in [0.4, 0.5) is 5.69 Å². The first-order chi connectivity index (χ1) is 15.3. The largest absolute Gasteiger partial charge is 0.358 e. The van der Waals surface area contributed by atoms with Crippen LogP contribution in [-0.4, -0.2) is 25.2 Å². The molecule has 0 aliphatic heterocycles. The number of anilines is 1. The average molecular weight is 469 g/mol. The van der Waals surface area contributed by atoms with Crippen molar-refractivity contribution in [2.45, 2.75) is 18.1 Å². The van der Waals surface area contributed by atoms with E-state index in [2.05, 4.69) is 20.6 Å². The van der Waals surface area contributed by atoms with Gasteiger partial charge in [-0.3, -0.25) is 25.2 Å². The number of hydrogen-bond acceptors (Lipinski definition) is 5. The molecule has 4 aromatic rings. The van der Waals surface area contributed by atoms with Crippen molar-refractivity contribution in [3.8, 4) is 0 Å². The van der Waals surface area contributed by atoms with Crippen LogP contribution in [-0.2, 0) is 10.0 Å². The zero-order valence-electron chi connectivity index (χ0n) is 17.2. The van der Waals surface area contributed by atoms with Crippen molar-refractivity contribution in [3.63, 3.8) is 0 Å². The monoisotopic (exact) mass is 468 g/mol. The number of thiophene rings is 1. The highest BCUT2D eigenvalue weighted by molar-refractivity contribution is 7.94. The van der Waals surface area contributed by atoms with Crippen molar-refractivity contribution in [1.29, 1.82) is 0 Å². The van der Waals surface area contributed by atoms with Gasteiger partial charge in [0.15, 0.2) is 0 Å². The van der Waals surface area contributed by atoms with Crippen LogP contribution in [0.15, 0.2) is 64.2 Å². The number of hydrogen-bond donors (Lipinski definition) is 4. The van der Waals surface area contributed by atoms with Crippen molar-refractivity contribution in [3.05, 3.63) is 82.4 Å². The fourth-order valence-corrected chi connectivity index (χ4v) is 5.31. The quantitative estimate of drug-likeness (QED) is 0.334. The molecule has 0 fully saturated rings. The molecule has 4 N–H and O–H groups in total. The maximum absolute atomic E-state index is 12.7. The van der Waals surface area contributed by atoms with E-state index in [1.54, 1.807) is 41.8 Å². The molecule has 0 aliphatic carbocycles. The number of rotatable bonds is 5. The number of aryl methyl sites for hydroxylation is 2. The minimum Gasteiger partial charge on any atom is -0.358 e. The summed E-state index contributed by atoms with van der Waals surface area (Å²) in [5.74, 6) is -1.15. The third-order valence-electron chi connectivity index (χ3n) is 5.04. The number of H-pyrrole nitrogens is 1. The van der Waals surface area contributed by atoms with Crippen LogP contribution in [0, 0.1) is 13.8 Å². The molecule has 32 heavy (non-hydrogen) atoms. The minimum absolute atomic E-state index is 0.0699. The van der Waals surface area contributed by atoms with Crippen LogP contribution in [0.2, 0.25) is 0 Å². The van der Waals surface area contributed by atoms with Gasteiger partial charge in [-0.1, -0.05) is 18.2 Å². The number of carbonyl (C=O) groups is 2. The molecular weight excluding hydrogens is 448 g/mol. The summed E-state index contributed by atoms with van der Waals surface area (Å²) in [7, 11) is -3.82. The number of aromatic nitrogens is 1. The zero-order chi connectivity index (χ0) is 22.9. The predicted octanol–water partition coefficient (Wildman–Crippen LogP) is 3.72. The van der Waals surface area contributed by atoms with Crippen molar-refractivity contribution in [1.82, 2.24) is 15.8 Å². The minimum atomic E-state index is -3.82. The molecule has 10 heteroatoms. The second kappa shape index (κ2) is 8.48. The lowest BCUT2D eigenvalue weighted by molar-refractivity contribution is 0.0847. The van der Waals surface area contributed by atoms with E-state index in [-0.39, 0.29) is 15.5 Å². The van der Waals surface area contributed by atoms with Crippen molar-refractivity contribution < 1.29 is 18.0 Å². The van der Waals surface area contributed by atoms with E-state index in [0.29, 0.717) is 5.56 Å². The zero-order valence-corrected chi connectivity index (χ0v) is 18.9. The van der Waals surface area contributed by atoms with E-state index in [4.69, 9.17) is 0 Å². The Balaban J connectivity index is 1.49. The molecular formula is C22H20N4O4S2. The summed E-state index contributed by atoms with van der Waals surface area (Å²) in [4.78, 5) is 28.5. The molecule has 8 nitrogen and oxygen atoms in total. The standard InChI is InChI=1S/C22H20N4O4S2/c1-13-14(2)23-18-10-9-15(12-17(13)18)21(27)24-25-22(28)16-6-3-4-7-19(16)26-32(29,30)20-8-5-11-31-20/h3-12,23,26H,1-2H3,(H,24,27)(H,25,28). The fourth-order valence-electron chi connectivity index (χ4n) is 3.24. The number of carbonyl (C=O) groups excluding carboxylic acids is 2. The lowest BCUT2D eigenvalue weighted by Crippen LogP contribution is -2.41. The van der Waals surface area contributed by atoms with E-state index in [1.807, 2.05) is 13.8 Å². The number of benzene rings is 2. The first-order valence-corrected chi connectivity index (χ1v) is 12.0. The Morgan fingerprint density at radius 3 is 2.44 bits per heavy atom. The topological polar surface area (TPSA) is 120 Å². The number of nitrogens with one attached hydrogen (secondary N) is 4. The molecule has 2 aromatic heterocycles. The number of fused-ring (bicyclic) bond motifs is 1. The Labute approximate surface area is 188 Å². The molecule has 164 valence electrons. The second-order valence-corrected chi connectivity index (χ2v) is 9.98. The SMILES string of the molecule is Cc1[nH]c2ccc(C(=O)NNC(=O)c3ccccc3NS(=O)(=O)c3cccs3)cc2c1C. The van der Waals surface area contributed by atoms with Gasteiger partial charge < -0.3 is 4.98 Å². The van der Waals surface area contributed by atoms with E-state index in [9.17, 15) is 18.0 Å². The fraction of sp³-hybridized carbons (Fsp3) is 0.0909. The smallest absolute Gasteiger partial charge is 0.271 e. The third kappa shape index (κ3) is 4.23. The summed E-state index contributed by atoms with van der Waals surface area (Å²) in [5.41, 5.74) is 8.28. The molecule has 0 saturated carbocycles. The van der Waals surface area contributed by atoms with E-state index in [1.165, 1.54) is 18.2 Å². The highest BCUT2D eigenvalue weighted by Gasteiger charge is 2.20. The number of para-hydroxylation sites is 1. The molecule has 2 heterocycles. The Hall–Kier alpha value is -3.63. The predicted molar refractivity (Wildman–Crippen MR) is 124 cm³/mol. The van der Waals surface area contributed by atoms with Gasteiger partial charge in [0, 0.05) is 22.2 Å². The highest BCUT2D eigenvalue weighted by Crippen LogP contribution is 2.24. The third-order valence-corrected chi connectivity index (χ3v) is 7.80. The Bertz CT molecular complexity index is 1420. The first-order valence-electron chi connectivity index (χ1n) is 9.61. The van der Waals surface area contributed by atoms with Gasteiger partial charge in [-0.25, -0.2) is 8.42 Å². The number of amides is 2. The van der Waals surface area contributed by atoms with Gasteiger partial charge in [0.05, 0.1) is 11.3 Å². The second-order valence-electron chi connectivity index (χ2n) is 7.13. The summed E-state index contributed by atoms with van der Waals surface area (Å²) in [6, 6.07) is 14.5. The summed E-state index contributed by atoms with van der Waals surface area (Å²) in [6.07, 6.45) is 0. The molecule has 2 aromatic carbocycles. The summed E-state index contributed by atoms with van der Waals surface area (Å²) in [6.45, 7) is 3.92. The van der Waals surface area contributed by atoms with Crippen LogP contribution in [0.1, 0.15) is 32.0 Å². The summed E-state index contributed by atoms with van der Waals surface area (Å²) in [5, 5.41) is 2.57. The van der Waals surface area contributed by atoms with Crippen LogP contribution in [0.3, 0.4) is 0 Å². The van der Waals surface area contributed by atoms with Gasteiger partial charge in [0.2, 0.25) is 0 Å². The highest BCUT2D eigenvalue weighted by atomic mass is 32.2. The van der Waals surface area contributed by atoms with Gasteiger partial charge in [-0.15, -0.1) is 11.3 Å². The Morgan fingerprint density at radius 1 is 0.938 bits per heavy atom. The van der Waals surface area contributed by atoms with Crippen molar-refractivity contribution in [2.75, 3.05) is 4.72 Å². The van der Waals surface area contributed by atoms with E-state index in [0.717, 1.165) is 33.5 Å². The van der Waals surface area contributed by atoms with Gasteiger partial charge in [0.1, 0.15) is 4.21 Å². The van der Waals surface area contributed by atoms with Gasteiger partial charge in [-0.2, -0.15) is 0 Å². The number of aromatic amines is 1. The van der Waals surface area contributed by atoms with Gasteiger partial charge >= 0.3 is 0 Å². The van der Waals surface area contributed by atoms with Crippen LogP contribution in [0.25, 0.3) is 10.9 Å².